The Kier molecular flexibility index (Phi) is 6.46. The van der Waals surface area contributed by atoms with E-state index in [9.17, 15) is 14.7 Å². The maximum absolute atomic E-state index is 12.2. The van der Waals surface area contributed by atoms with Crippen molar-refractivity contribution in [1.29, 1.82) is 0 Å². The molecule has 0 aliphatic heterocycles. The van der Waals surface area contributed by atoms with Crippen LogP contribution in [0.15, 0.2) is 0 Å². The van der Waals surface area contributed by atoms with Crippen molar-refractivity contribution in [1.82, 2.24) is 5.32 Å². The molecule has 5 nitrogen and oxygen atoms in total. The number of aliphatic hydroxyl groups excluding tert-OH is 1. The number of carboxylic acid groups (broad SMARTS) is 1. The number of amides is 1. The van der Waals surface area contributed by atoms with Crippen LogP contribution in [0.2, 0.25) is 0 Å². The predicted molar refractivity (Wildman–Crippen MR) is 76.2 cm³/mol. The standard InChI is InChI=1S/C15H27NO4/c1-11(2)12(10-17)16-13(18)8-15(9-14(19)20)6-4-3-5-7-15/h11-12,17H,3-10H2,1-2H3,(H,16,18)(H,19,20). The summed E-state index contributed by atoms with van der Waals surface area (Å²) in [5.74, 6) is -0.811. The molecule has 1 aliphatic rings. The fraction of sp³-hybridized carbons (Fsp3) is 0.867. The lowest BCUT2D eigenvalue weighted by Gasteiger charge is -2.36. The van der Waals surface area contributed by atoms with Crippen molar-refractivity contribution in [3.63, 3.8) is 0 Å². The fourth-order valence-corrected chi connectivity index (χ4v) is 3.06. The van der Waals surface area contributed by atoms with E-state index in [-0.39, 0.29) is 37.3 Å². The Morgan fingerprint density at radius 1 is 1.15 bits per heavy atom. The molecular weight excluding hydrogens is 258 g/mol. The third-order valence-electron chi connectivity index (χ3n) is 4.32. The molecule has 0 aromatic rings. The third-order valence-corrected chi connectivity index (χ3v) is 4.32. The Balaban J connectivity index is 2.64. The molecule has 0 bridgehead atoms. The van der Waals surface area contributed by atoms with Gasteiger partial charge in [0, 0.05) is 6.42 Å². The minimum atomic E-state index is -0.831. The highest BCUT2D eigenvalue weighted by atomic mass is 16.4. The zero-order valence-corrected chi connectivity index (χ0v) is 12.5. The molecule has 1 rings (SSSR count). The highest BCUT2D eigenvalue weighted by Crippen LogP contribution is 2.42. The van der Waals surface area contributed by atoms with E-state index >= 15 is 0 Å². The molecule has 3 N–H and O–H groups in total. The van der Waals surface area contributed by atoms with E-state index in [0.717, 1.165) is 32.1 Å². The molecule has 1 fully saturated rings. The van der Waals surface area contributed by atoms with Crippen LogP contribution in [0.5, 0.6) is 0 Å². The lowest BCUT2D eigenvalue weighted by Crippen LogP contribution is -2.44. The summed E-state index contributed by atoms with van der Waals surface area (Å²) in [4.78, 5) is 23.2. The van der Waals surface area contributed by atoms with Crippen LogP contribution in [0.4, 0.5) is 0 Å². The van der Waals surface area contributed by atoms with E-state index in [1.807, 2.05) is 13.8 Å². The second-order valence-corrected chi connectivity index (χ2v) is 6.41. The van der Waals surface area contributed by atoms with Gasteiger partial charge in [-0.1, -0.05) is 33.1 Å². The SMILES string of the molecule is CC(C)C(CO)NC(=O)CC1(CC(=O)O)CCCCC1. The van der Waals surface area contributed by atoms with Crippen molar-refractivity contribution in [2.75, 3.05) is 6.61 Å². The molecule has 0 radical (unpaired) electrons. The van der Waals surface area contributed by atoms with Gasteiger partial charge in [0.2, 0.25) is 5.91 Å². The monoisotopic (exact) mass is 285 g/mol. The van der Waals surface area contributed by atoms with E-state index in [2.05, 4.69) is 5.32 Å². The average Bonchev–Trinajstić information content (AvgIpc) is 2.35. The van der Waals surface area contributed by atoms with Crippen LogP contribution in [0.3, 0.4) is 0 Å². The second kappa shape index (κ2) is 7.62. The van der Waals surface area contributed by atoms with Crippen molar-refractivity contribution in [2.24, 2.45) is 11.3 Å². The number of nitrogens with one attached hydrogen (secondary N) is 1. The molecule has 0 aromatic heterocycles. The van der Waals surface area contributed by atoms with Crippen LogP contribution in [-0.2, 0) is 9.59 Å². The predicted octanol–water partition coefficient (Wildman–Crippen LogP) is 1.93. The smallest absolute Gasteiger partial charge is 0.303 e. The molecule has 0 aromatic carbocycles. The molecule has 20 heavy (non-hydrogen) atoms. The molecule has 5 heteroatoms. The van der Waals surface area contributed by atoms with Crippen molar-refractivity contribution in [3.05, 3.63) is 0 Å². The minimum absolute atomic E-state index is 0.0614. The van der Waals surface area contributed by atoms with E-state index in [4.69, 9.17) is 5.11 Å². The minimum Gasteiger partial charge on any atom is -0.481 e. The maximum Gasteiger partial charge on any atom is 0.303 e. The van der Waals surface area contributed by atoms with Crippen LogP contribution >= 0.6 is 0 Å². The van der Waals surface area contributed by atoms with Gasteiger partial charge in [-0.15, -0.1) is 0 Å². The molecule has 0 spiro atoms. The Morgan fingerprint density at radius 3 is 2.20 bits per heavy atom. The van der Waals surface area contributed by atoms with Gasteiger partial charge in [-0.2, -0.15) is 0 Å². The third kappa shape index (κ3) is 5.12. The summed E-state index contributed by atoms with van der Waals surface area (Å²) in [5, 5.41) is 21.2. The van der Waals surface area contributed by atoms with Crippen LogP contribution in [-0.4, -0.2) is 34.7 Å². The number of carboxylic acids is 1. The zero-order chi connectivity index (χ0) is 15.2. The summed E-state index contributed by atoms with van der Waals surface area (Å²) in [6.07, 6.45) is 5.03. The van der Waals surface area contributed by atoms with Gasteiger partial charge < -0.3 is 15.5 Å². The van der Waals surface area contributed by atoms with Gasteiger partial charge in [0.1, 0.15) is 0 Å². The van der Waals surface area contributed by atoms with Crippen molar-refractivity contribution in [3.8, 4) is 0 Å². The summed E-state index contributed by atoms with van der Waals surface area (Å²) < 4.78 is 0. The van der Waals surface area contributed by atoms with Crippen LogP contribution < -0.4 is 5.32 Å². The molecule has 0 heterocycles. The quantitative estimate of drug-likeness (QED) is 0.667. The van der Waals surface area contributed by atoms with Crippen molar-refractivity contribution >= 4 is 11.9 Å². The van der Waals surface area contributed by atoms with Gasteiger partial charge in [-0.05, 0) is 24.2 Å². The topological polar surface area (TPSA) is 86.6 Å². The molecule has 0 saturated heterocycles. The maximum atomic E-state index is 12.2. The lowest BCUT2D eigenvalue weighted by atomic mass is 9.69. The number of aliphatic carboxylic acids is 1. The van der Waals surface area contributed by atoms with Gasteiger partial charge >= 0.3 is 5.97 Å². The van der Waals surface area contributed by atoms with Gasteiger partial charge in [0.15, 0.2) is 0 Å². The number of hydrogen-bond donors (Lipinski definition) is 3. The summed E-state index contributed by atoms with van der Waals surface area (Å²) in [6.45, 7) is 3.79. The Bertz CT molecular complexity index is 335. The Morgan fingerprint density at radius 2 is 1.75 bits per heavy atom. The van der Waals surface area contributed by atoms with E-state index in [1.165, 1.54) is 0 Å². The fourth-order valence-electron chi connectivity index (χ4n) is 3.06. The first-order valence-electron chi connectivity index (χ1n) is 7.50. The number of hydrogen-bond acceptors (Lipinski definition) is 3. The Hall–Kier alpha value is -1.10. The molecule has 1 atom stereocenters. The summed E-state index contributed by atoms with van der Waals surface area (Å²) >= 11 is 0. The average molecular weight is 285 g/mol. The van der Waals surface area contributed by atoms with E-state index in [1.54, 1.807) is 0 Å². The highest BCUT2D eigenvalue weighted by molar-refractivity contribution is 5.78. The molecule has 1 amide bonds. The molecule has 1 unspecified atom stereocenters. The summed E-state index contributed by atoms with van der Waals surface area (Å²) in [5.41, 5.74) is -0.398. The number of carbonyl (C=O) groups is 2. The molecule has 1 saturated carbocycles. The van der Waals surface area contributed by atoms with Crippen LogP contribution in [0.25, 0.3) is 0 Å². The van der Waals surface area contributed by atoms with Gasteiger partial charge in [-0.3, -0.25) is 9.59 Å². The van der Waals surface area contributed by atoms with Gasteiger partial charge in [-0.25, -0.2) is 0 Å². The normalized spacial score (nSPS) is 19.6. The summed E-state index contributed by atoms with van der Waals surface area (Å²) in [6, 6.07) is -0.257. The summed E-state index contributed by atoms with van der Waals surface area (Å²) in [7, 11) is 0. The van der Waals surface area contributed by atoms with Crippen LogP contribution in [0.1, 0.15) is 58.8 Å². The van der Waals surface area contributed by atoms with Gasteiger partial charge in [0.05, 0.1) is 19.1 Å². The molecular formula is C15H27NO4. The van der Waals surface area contributed by atoms with Crippen molar-refractivity contribution in [2.45, 2.75) is 64.8 Å². The number of carbonyl (C=O) groups excluding carboxylic acids is 1. The van der Waals surface area contributed by atoms with E-state index < -0.39 is 11.4 Å². The van der Waals surface area contributed by atoms with Crippen LogP contribution in [0, 0.1) is 11.3 Å². The second-order valence-electron chi connectivity index (χ2n) is 6.41. The molecule has 1 aliphatic carbocycles. The van der Waals surface area contributed by atoms with Gasteiger partial charge in [0.25, 0.3) is 0 Å². The zero-order valence-electron chi connectivity index (χ0n) is 12.5. The largest absolute Gasteiger partial charge is 0.481 e. The van der Waals surface area contributed by atoms with E-state index in [0.29, 0.717) is 0 Å². The first kappa shape index (κ1) is 17.0. The number of aliphatic hydroxyl groups is 1. The molecule has 116 valence electrons. The first-order valence-corrected chi connectivity index (χ1v) is 7.50. The lowest BCUT2D eigenvalue weighted by molar-refractivity contribution is -0.141. The highest BCUT2D eigenvalue weighted by Gasteiger charge is 2.36. The Labute approximate surface area is 120 Å². The number of rotatable bonds is 7. The first-order chi connectivity index (χ1) is 9.38. The van der Waals surface area contributed by atoms with Crippen molar-refractivity contribution < 1.29 is 19.8 Å².